The van der Waals surface area contributed by atoms with Crippen molar-refractivity contribution in [3.05, 3.63) is 29.1 Å². The van der Waals surface area contributed by atoms with Crippen molar-refractivity contribution in [2.24, 2.45) is 0 Å². The number of ether oxygens (including phenoxy) is 1. The molecule has 1 aliphatic heterocycles. The first-order valence-corrected chi connectivity index (χ1v) is 4.33. The Kier molecular flexibility index (Phi) is 2.15. The van der Waals surface area contributed by atoms with Gasteiger partial charge in [-0.25, -0.2) is 9.18 Å². The quantitative estimate of drug-likeness (QED) is 0.705. The molecule has 0 saturated carbocycles. The molecule has 4 nitrogen and oxygen atoms in total. The Bertz CT molecular complexity index is 456. The lowest BCUT2D eigenvalue weighted by atomic mass is 10.1. The van der Waals surface area contributed by atoms with Gasteiger partial charge in [0.2, 0.25) is 5.91 Å². The van der Waals surface area contributed by atoms with Gasteiger partial charge in [-0.2, -0.15) is 0 Å². The fourth-order valence-corrected chi connectivity index (χ4v) is 1.52. The third kappa shape index (κ3) is 1.45. The molecule has 0 aromatic heterocycles. The number of hydrogen-bond donors (Lipinski definition) is 1. The van der Waals surface area contributed by atoms with Crippen LogP contribution in [0.25, 0.3) is 0 Å². The van der Waals surface area contributed by atoms with Gasteiger partial charge in [0, 0.05) is 0 Å². The summed E-state index contributed by atoms with van der Waals surface area (Å²) in [7, 11) is 1.17. The van der Waals surface area contributed by atoms with Gasteiger partial charge in [0.15, 0.2) is 5.82 Å². The van der Waals surface area contributed by atoms with E-state index in [-0.39, 0.29) is 23.6 Å². The Balaban J connectivity index is 2.51. The predicted octanol–water partition coefficient (Wildman–Crippen LogP) is 1.11. The van der Waals surface area contributed by atoms with Crippen molar-refractivity contribution in [1.82, 2.24) is 0 Å². The van der Waals surface area contributed by atoms with Gasteiger partial charge >= 0.3 is 5.97 Å². The molecule has 0 spiro atoms. The van der Waals surface area contributed by atoms with E-state index in [4.69, 9.17) is 0 Å². The van der Waals surface area contributed by atoms with Crippen molar-refractivity contribution in [2.75, 3.05) is 12.4 Å². The highest BCUT2D eigenvalue weighted by Crippen LogP contribution is 2.28. The second-order valence-electron chi connectivity index (χ2n) is 3.18. The van der Waals surface area contributed by atoms with Crippen LogP contribution in [0.15, 0.2) is 12.1 Å². The Morgan fingerprint density at radius 3 is 2.93 bits per heavy atom. The van der Waals surface area contributed by atoms with Crippen molar-refractivity contribution in [3.63, 3.8) is 0 Å². The highest BCUT2D eigenvalue weighted by molar-refractivity contribution is 6.01. The summed E-state index contributed by atoms with van der Waals surface area (Å²) in [6, 6.07) is 2.86. The zero-order valence-corrected chi connectivity index (χ0v) is 7.96. The third-order valence-corrected chi connectivity index (χ3v) is 2.25. The summed E-state index contributed by atoms with van der Waals surface area (Å²) < 4.78 is 18.1. The molecular formula is C10H8FNO3. The molecule has 1 amide bonds. The number of benzene rings is 1. The summed E-state index contributed by atoms with van der Waals surface area (Å²) in [5.41, 5.74) is 0.478. The Morgan fingerprint density at radius 2 is 2.27 bits per heavy atom. The zero-order valence-electron chi connectivity index (χ0n) is 7.96. The standard InChI is InChI=1S/C10H8FNO3/c1-15-10(14)6-3-2-5-4-7(13)12-9(5)8(6)11/h2-3H,4H2,1H3,(H,12,13). The average Bonchev–Trinajstić information content (AvgIpc) is 2.59. The van der Waals surface area contributed by atoms with Crippen LogP contribution in [0.1, 0.15) is 15.9 Å². The maximum atomic E-state index is 13.7. The Labute approximate surface area is 85.0 Å². The number of carbonyl (C=O) groups excluding carboxylic acids is 2. The maximum absolute atomic E-state index is 13.7. The van der Waals surface area contributed by atoms with Crippen LogP contribution in [0.4, 0.5) is 10.1 Å². The molecule has 0 atom stereocenters. The molecule has 1 N–H and O–H groups in total. The molecule has 0 saturated heterocycles. The lowest BCUT2D eigenvalue weighted by Crippen LogP contribution is -2.08. The van der Waals surface area contributed by atoms with E-state index in [2.05, 4.69) is 10.1 Å². The number of halogens is 1. The monoisotopic (exact) mass is 209 g/mol. The fraction of sp³-hybridized carbons (Fsp3) is 0.200. The molecule has 5 heteroatoms. The minimum atomic E-state index is -0.753. The number of fused-ring (bicyclic) bond motifs is 1. The molecule has 78 valence electrons. The average molecular weight is 209 g/mol. The van der Waals surface area contributed by atoms with E-state index in [0.29, 0.717) is 5.56 Å². The Morgan fingerprint density at radius 1 is 1.53 bits per heavy atom. The van der Waals surface area contributed by atoms with Crippen LogP contribution in [-0.4, -0.2) is 19.0 Å². The minimum absolute atomic E-state index is 0.0860. The van der Waals surface area contributed by atoms with E-state index in [1.54, 1.807) is 6.07 Å². The van der Waals surface area contributed by atoms with Crippen LogP contribution in [0.2, 0.25) is 0 Å². The smallest absolute Gasteiger partial charge is 0.340 e. The van der Waals surface area contributed by atoms with Crippen molar-refractivity contribution < 1.29 is 18.7 Å². The summed E-state index contributed by atoms with van der Waals surface area (Å²) in [5, 5.41) is 2.36. The number of esters is 1. The highest BCUT2D eigenvalue weighted by atomic mass is 19.1. The zero-order chi connectivity index (χ0) is 11.0. The van der Waals surface area contributed by atoms with E-state index in [0.717, 1.165) is 0 Å². The van der Waals surface area contributed by atoms with Crippen LogP contribution in [-0.2, 0) is 16.0 Å². The van der Waals surface area contributed by atoms with Gasteiger partial charge in [-0.05, 0) is 11.6 Å². The van der Waals surface area contributed by atoms with Gasteiger partial charge in [0.05, 0.1) is 24.8 Å². The lowest BCUT2D eigenvalue weighted by Gasteiger charge is -2.05. The van der Waals surface area contributed by atoms with E-state index >= 15 is 0 Å². The first-order chi connectivity index (χ1) is 7.13. The van der Waals surface area contributed by atoms with Crippen molar-refractivity contribution in [2.45, 2.75) is 6.42 Å². The molecule has 1 heterocycles. The van der Waals surface area contributed by atoms with E-state index in [1.165, 1.54) is 13.2 Å². The van der Waals surface area contributed by atoms with Crippen LogP contribution in [0, 0.1) is 5.82 Å². The van der Waals surface area contributed by atoms with Crippen molar-refractivity contribution >= 4 is 17.6 Å². The number of methoxy groups -OCH3 is 1. The third-order valence-electron chi connectivity index (χ3n) is 2.25. The van der Waals surface area contributed by atoms with Crippen molar-refractivity contribution in [1.29, 1.82) is 0 Å². The molecule has 2 rings (SSSR count). The van der Waals surface area contributed by atoms with Gasteiger partial charge in [-0.15, -0.1) is 0 Å². The molecule has 0 aliphatic carbocycles. The van der Waals surface area contributed by atoms with Gasteiger partial charge in [-0.1, -0.05) is 6.07 Å². The van der Waals surface area contributed by atoms with Crippen molar-refractivity contribution in [3.8, 4) is 0 Å². The van der Waals surface area contributed by atoms with Crippen LogP contribution < -0.4 is 5.32 Å². The second-order valence-corrected chi connectivity index (χ2v) is 3.18. The largest absolute Gasteiger partial charge is 0.465 e. The molecule has 0 fully saturated rings. The minimum Gasteiger partial charge on any atom is -0.465 e. The number of amides is 1. The summed E-state index contributed by atoms with van der Waals surface area (Å²) >= 11 is 0. The molecule has 1 aromatic rings. The number of carbonyl (C=O) groups is 2. The van der Waals surface area contributed by atoms with Gasteiger partial charge in [0.1, 0.15) is 0 Å². The first-order valence-electron chi connectivity index (χ1n) is 4.33. The van der Waals surface area contributed by atoms with Crippen LogP contribution in [0.3, 0.4) is 0 Å². The van der Waals surface area contributed by atoms with Gasteiger partial charge in [0.25, 0.3) is 0 Å². The van der Waals surface area contributed by atoms with Gasteiger partial charge in [-0.3, -0.25) is 4.79 Å². The molecule has 1 aromatic carbocycles. The molecular weight excluding hydrogens is 201 g/mol. The molecule has 0 radical (unpaired) electrons. The van der Waals surface area contributed by atoms with E-state index in [9.17, 15) is 14.0 Å². The fourth-order valence-electron chi connectivity index (χ4n) is 1.52. The normalized spacial score (nSPS) is 13.3. The number of hydrogen-bond acceptors (Lipinski definition) is 3. The SMILES string of the molecule is COC(=O)c1ccc2c(c1F)NC(=O)C2. The topological polar surface area (TPSA) is 55.4 Å². The summed E-state index contributed by atoms with van der Waals surface area (Å²) in [6.45, 7) is 0. The molecule has 0 bridgehead atoms. The molecule has 1 aliphatic rings. The van der Waals surface area contributed by atoms with E-state index in [1.807, 2.05) is 0 Å². The number of anilines is 1. The molecule has 0 unspecified atom stereocenters. The summed E-state index contributed by atoms with van der Waals surface area (Å²) in [4.78, 5) is 22.1. The number of rotatable bonds is 1. The number of nitrogens with one attached hydrogen (secondary N) is 1. The lowest BCUT2D eigenvalue weighted by molar-refractivity contribution is -0.115. The predicted molar refractivity (Wildman–Crippen MR) is 50.1 cm³/mol. The van der Waals surface area contributed by atoms with E-state index < -0.39 is 11.8 Å². The maximum Gasteiger partial charge on any atom is 0.340 e. The Hall–Kier alpha value is -1.91. The second kappa shape index (κ2) is 3.34. The van der Waals surface area contributed by atoms with Gasteiger partial charge < -0.3 is 10.1 Å². The summed E-state index contributed by atoms with van der Waals surface area (Å²) in [6.07, 6.45) is 0.147. The first kappa shape index (κ1) is 9.64. The summed E-state index contributed by atoms with van der Waals surface area (Å²) in [5.74, 6) is -1.76. The van der Waals surface area contributed by atoms with Crippen LogP contribution in [0.5, 0.6) is 0 Å². The molecule has 15 heavy (non-hydrogen) atoms. The highest BCUT2D eigenvalue weighted by Gasteiger charge is 2.25. The van der Waals surface area contributed by atoms with Crippen LogP contribution >= 0.6 is 0 Å².